The van der Waals surface area contributed by atoms with Crippen molar-refractivity contribution in [3.05, 3.63) is 60.2 Å². The van der Waals surface area contributed by atoms with Crippen LogP contribution in [0.25, 0.3) is 11.1 Å². The van der Waals surface area contributed by atoms with E-state index in [2.05, 4.69) is 5.32 Å². The lowest BCUT2D eigenvalue weighted by atomic mass is 10.0. The van der Waals surface area contributed by atoms with Crippen molar-refractivity contribution in [2.24, 2.45) is 0 Å². The highest BCUT2D eigenvalue weighted by atomic mass is 16.2. The van der Waals surface area contributed by atoms with Crippen LogP contribution in [0.5, 0.6) is 0 Å². The molecule has 0 aliphatic carbocycles. The van der Waals surface area contributed by atoms with Gasteiger partial charge in [-0.1, -0.05) is 42.5 Å². The topological polar surface area (TPSA) is 49.4 Å². The number of nitrogens with one attached hydrogen (secondary N) is 1. The van der Waals surface area contributed by atoms with E-state index in [0.29, 0.717) is 5.56 Å². The number of hydrogen-bond donors (Lipinski definition) is 1. The Morgan fingerprint density at radius 1 is 0.880 bits per heavy atom. The Hall–Kier alpha value is -2.62. The predicted molar refractivity (Wildman–Crippen MR) is 99.2 cm³/mol. The van der Waals surface area contributed by atoms with Crippen LogP contribution < -0.4 is 5.32 Å². The quantitative estimate of drug-likeness (QED) is 0.929. The summed E-state index contributed by atoms with van der Waals surface area (Å²) in [7, 11) is 0. The van der Waals surface area contributed by atoms with Gasteiger partial charge in [0.25, 0.3) is 5.91 Å². The number of amides is 2. The smallest absolute Gasteiger partial charge is 0.251 e. The zero-order chi connectivity index (χ0) is 17.6. The molecule has 25 heavy (non-hydrogen) atoms. The molecule has 1 saturated heterocycles. The van der Waals surface area contributed by atoms with Crippen LogP contribution in [-0.4, -0.2) is 35.8 Å². The van der Waals surface area contributed by atoms with E-state index in [1.54, 1.807) is 19.1 Å². The fraction of sp³-hybridized carbons (Fsp3) is 0.333. The fourth-order valence-corrected chi connectivity index (χ4v) is 3.17. The fourth-order valence-electron chi connectivity index (χ4n) is 3.17. The minimum absolute atomic E-state index is 0.00829. The lowest BCUT2D eigenvalue weighted by Gasteiger charge is -2.29. The summed E-state index contributed by atoms with van der Waals surface area (Å²) in [6.07, 6.45) is 3.28. The van der Waals surface area contributed by atoms with Crippen molar-refractivity contribution in [2.75, 3.05) is 13.1 Å². The summed E-state index contributed by atoms with van der Waals surface area (Å²) in [6.45, 7) is 3.35. The second kappa shape index (κ2) is 7.97. The molecule has 1 N–H and O–H groups in total. The average molecular weight is 336 g/mol. The molecule has 1 aliphatic heterocycles. The highest BCUT2D eigenvalue weighted by Crippen LogP contribution is 2.19. The first kappa shape index (κ1) is 17.2. The van der Waals surface area contributed by atoms with Crippen molar-refractivity contribution in [1.29, 1.82) is 0 Å². The Morgan fingerprint density at radius 2 is 1.48 bits per heavy atom. The maximum Gasteiger partial charge on any atom is 0.251 e. The van der Waals surface area contributed by atoms with E-state index in [1.807, 2.05) is 47.4 Å². The molecule has 130 valence electrons. The summed E-state index contributed by atoms with van der Waals surface area (Å²) in [5.41, 5.74) is 2.75. The normalized spacial score (nSPS) is 15.5. The van der Waals surface area contributed by atoms with Crippen LogP contribution in [0.4, 0.5) is 0 Å². The van der Waals surface area contributed by atoms with Gasteiger partial charge in [-0.3, -0.25) is 9.59 Å². The van der Waals surface area contributed by atoms with Crippen LogP contribution in [0, 0.1) is 0 Å². The van der Waals surface area contributed by atoms with Crippen molar-refractivity contribution in [2.45, 2.75) is 32.2 Å². The van der Waals surface area contributed by atoms with E-state index in [1.165, 1.54) is 6.42 Å². The Bertz CT molecular complexity index is 719. The summed E-state index contributed by atoms with van der Waals surface area (Å²) in [6, 6.07) is 17.0. The second-order valence-corrected chi connectivity index (χ2v) is 6.52. The van der Waals surface area contributed by atoms with E-state index in [4.69, 9.17) is 0 Å². The summed E-state index contributed by atoms with van der Waals surface area (Å²) in [5, 5.41) is 2.82. The molecule has 1 aliphatic rings. The first-order chi connectivity index (χ1) is 12.1. The molecule has 1 heterocycles. The van der Waals surface area contributed by atoms with E-state index < -0.39 is 6.04 Å². The lowest BCUT2D eigenvalue weighted by molar-refractivity contribution is -0.133. The summed E-state index contributed by atoms with van der Waals surface area (Å²) in [4.78, 5) is 26.7. The molecule has 0 spiro atoms. The number of piperidine rings is 1. The van der Waals surface area contributed by atoms with Gasteiger partial charge in [0.05, 0.1) is 0 Å². The molecule has 0 unspecified atom stereocenters. The third-order valence-corrected chi connectivity index (χ3v) is 4.64. The minimum atomic E-state index is -0.501. The molecule has 0 aromatic heterocycles. The summed E-state index contributed by atoms with van der Waals surface area (Å²) in [5.74, 6) is -0.202. The van der Waals surface area contributed by atoms with Gasteiger partial charge in [-0.2, -0.15) is 0 Å². The van der Waals surface area contributed by atoms with Gasteiger partial charge in [0.2, 0.25) is 5.91 Å². The number of carbonyl (C=O) groups excluding carboxylic acids is 2. The number of benzene rings is 2. The molecule has 0 saturated carbocycles. The van der Waals surface area contributed by atoms with E-state index in [9.17, 15) is 9.59 Å². The first-order valence-electron chi connectivity index (χ1n) is 8.90. The molecule has 4 nitrogen and oxygen atoms in total. The van der Waals surface area contributed by atoms with Crippen LogP contribution in [0.3, 0.4) is 0 Å². The van der Waals surface area contributed by atoms with Crippen LogP contribution in [0.1, 0.15) is 36.5 Å². The van der Waals surface area contributed by atoms with Crippen molar-refractivity contribution >= 4 is 11.8 Å². The van der Waals surface area contributed by atoms with Crippen LogP contribution in [-0.2, 0) is 4.79 Å². The largest absolute Gasteiger partial charge is 0.341 e. The zero-order valence-corrected chi connectivity index (χ0v) is 14.6. The second-order valence-electron chi connectivity index (χ2n) is 6.52. The van der Waals surface area contributed by atoms with Crippen LogP contribution in [0.2, 0.25) is 0 Å². The molecule has 0 bridgehead atoms. The number of hydrogen-bond acceptors (Lipinski definition) is 2. The lowest BCUT2D eigenvalue weighted by Crippen LogP contribution is -2.48. The number of nitrogens with zero attached hydrogens (tertiary/aromatic N) is 1. The maximum absolute atomic E-state index is 12.4. The van der Waals surface area contributed by atoms with Gasteiger partial charge in [-0.15, -0.1) is 0 Å². The summed E-state index contributed by atoms with van der Waals surface area (Å²) < 4.78 is 0. The Kier molecular flexibility index (Phi) is 5.49. The van der Waals surface area contributed by atoms with Crippen molar-refractivity contribution in [3.8, 4) is 11.1 Å². The summed E-state index contributed by atoms with van der Waals surface area (Å²) >= 11 is 0. The Balaban J connectivity index is 1.61. The van der Waals surface area contributed by atoms with Gasteiger partial charge in [-0.05, 0) is 49.4 Å². The zero-order valence-electron chi connectivity index (χ0n) is 14.6. The van der Waals surface area contributed by atoms with Gasteiger partial charge in [0.15, 0.2) is 0 Å². The maximum atomic E-state index is 12.4. The molecule has 2 aromatic carbocycles. The number of rotatable bonds is 4. The average Bonchev–Trinajstić information content (AvgIpc) is 2.68. The molecule has 0 radical (unpaired) electrons. The highest BCUT2D eigenvalue weighted by Gasteiger charge is 2.23. The van der Waals surface area contributed by atoms with E-state index >= 15 is 0 Å². The SMILES string of the molecule is C[C@@H](NC(=O)c1ccc(-c2ccccc2)cc1)C(=O)N1CCCCC1. The van der Waals surface area contributed by atoms with Crippen molar-refractivity contribution < 1.29 is 9.59 Å². The van der Waals surface area contributed by atoms with Gasteiger partial charge >= 0.3 is 0 Å². The molecule has 2 amide bonds. The number of likely N-dealkylation sites (tertiary alicyclic amines) is 1. The van der Waals surface area contributed by atoms with Gasteiger partial charge in [0, 0.05) is 18.7 Å². The van der Waals surface area contributed by atoms with Gasteiger partial charge in [-0.25, -0.2) is 0 Å². The number of carbonyl (C=O) groups is 2. The molecule has 3 rings (SSSR count). The standard InChI is InChI=1S/C21H24N2O2/c1-16(21(25)23-14-6-3-7-15-23)22-20(24)19-12-10-18(11-13-19)17-8-4-2-5-9-17/h2,4-5,8-13,16H,3,6-7,14-15H2,1H3,(H,22,24)/t16-/m1/s1. The van der Waals surface area contributed by atoms with E-state index in [-0.39, 0.29) is 11.8 Å². The monoisotopic (exact) mass is 336 g/mol. The third kappa shape index (κ3) is 4.27. The van der Waals surface area contributed by atoms with Gasteiger partial charge in [0.1, 0.15) is 6.04 Å². The Morgan fingerprint density at radius 3 is 2.12 bits per heavy atom. The molecular weight excluding hydrogens is 312 g/mol. The van der Waals surface area contributed by atoms with E-state index in [0.717, 1.165) is 37.1 Å². The van der Waals surface area contributed by atoms with Gasteiger partial charge < -0.3 is 10.2 Å². The van der Waals surface area contributed by atoms with Crippen LogP contribution >= 0.6 is 0 Å². The third-order valence-electron chi connectivity index (χ3n) is 4.64. The van der Waals surface area contributed by atoms with Crippen molar-refractivity contribution in [3.63, 3.8) is 0 Å². The van der Waals surface area contributed by atoms with Crippen molar-refractivity contribution in [1.82, 2.24) is 10.2 Å². The first-order valence-corrected chi connectivity index (χ1v) is 8.90. The minimum Gasteiger partial charge on any atom is -0.341 e. The molecule has 1 fully saturated rings. The predicted octanol–water partition coefficient (Wildman–Crippen LogP) is 3.48. The molecule has 1 atom stereocenters. The molecule has 2 aromatic rings. The Labute approximate surface area is 148 Å². The van der Waals surface area contributed by atoms with Crippen LogP contribution in [0.15, 0.2) is 54.6 Å². The highest BCUT2D eigenvalue weighted by molar-refractivity contribution is 5.97. The molecular formula is C21H24N2O2. The molecule has 4 heteroatoms.